The Balaban J connectivity index is 1.51. The van der Waals surface area contributed by atoms with Crippen molar-refractivity contribution in [2.45, 2.75) is 93.9 Å². The molecule has 9 nitrogen and oxygen atoms in total. The third-order valence-electron chi connectivity index (χ3n) is 10.2. The maximum atomic E-state index is 16.0. The van der Waals surface area contributed by atoms with Gasteiger partial charge < -0.3 is 20.5 Å². The number of rotatable bonds is 4. The van der Waals surface area contributed by atoms with E-state index in [0.717, 1.165) is 12.8 Å². The molecule has 4 heterocycles. The van der Waals surface area contributed by atoms with E-state index in [1.54, 1.807) is 25.1 Å². The number of halogens is 3. The second kappa shape index (κ2) is 10.4. The molecule has 1 aliphatic carbocycles. The zero-order valence-electron chi connectivity index (χ0n) is 24.2. The van der Waals surface area contributed by atoms with Crippen LogP contribution in [0.15, 0.2) is 30.5 Å². The molecular formula is C31H35Cl2FN4O5. The van der Waals surface area contributed by atoms with Gasteiger partial charge in [-0.3, -0.25) is 14.9 Å². The standard InChI is InChI=1S/C31H35Cl2FN4O5/c1-28(2)9-11-30(12-10-28)31(18-5-4-16(32)14-19(18)36-27(31)42)21(17-7-13-35-24(33)22(17)34)23(37-30)25(39)38-29(3)8-6-20(26(40)41)43-15-29/h4-5,7,13-14,20-21,23,37H,6,8-12,15H2,1-3H3,(H,36,42)(H,38,39)(H,40,41)/t20-,21-,23+,29?,31+/m0/s1. The first-order valence-electron chi connectivity index (χ1n) is 14.6. The fraction of sp³-hybridized carbons (Fsp3) is 0.548. The van der Waals surface area contributed by atoms with Crippen molar-refractivity contribution in [3.05, 3.63) is 57.6 Å². The van der Waals surface area contributed by atoms with Gasteiger partial charge >= 0.3 is 5.97 Å². The maximum Gasteiger partial charge on any atom is 0.332 e. The second-order valence-electron chi connectivity index (χ2n) is 13.5. The molecule has 5 atom stereocenters. The summed E-state index contributed by atoms with van der Waals surface area (Å²) in [6.45, 7) is 6.16. The van der Waals surface area contributed by atoms with Gasteiger partial charge in [0, 0.05) is 28.4 Å². The number of anilines is 1. The first-order chi connectivity index (χ1) is 20.2. The minimum Gasteiger partial charge on any atom is -0.479 e. The van der Waals surface area contributed by atoms with Crippen molar-refractivity contribution in [2.75, 3.05) is 11.9 Å². The number of carboxylic acid groups (broad SMARTS) is 1. The summed E-state index contributed by atoms with van der Waals surface area (Å²) in [5.41, 5.74) is -1.84. The molecule has 12 heteroatoms. The zero-order chi connectivity index (χ0) is 30.9. The number of carbonyl (C=O) groups excluding carboxylic acids is 2. The predicted octanol–water partition coefficient (Wildman–Crippen LogP) is 4.95. The van der Waals surface area contributed by atoms with Crippen LogP contribution in [-0.2, 0) is 24.5 Å². The van der Waals surface area contributed by atoms with Crippen molar-refractivity contribution in [2.24, 2.45) is 5.41 Å². The average molecular weight is 634 g/mol. The Morgan fingerprint density at radius 3 is 2.49 bits per heavy atom. The molecule has 1 aromatic carbocycles. The SMILES string of the molecule is CC1(C)CCC2(CC1)N[C@@H](C(=O)NC1(C)CC[C@@H](C(=O)O)OC1)[C@H](c1ccnc(Cl)c1F)[C@]21C(=O)Nc2cc(Cl)ccc21. The van der Waals surface area contributed by atoms with Crippen molar-refractivity contribution in [1.29, 1.82) is 0 Å². The number of carbonyl (C=O) groups is 3. The van der Waals surface area contributed by atoms with Gasteiger partial charge in [0.15, 0.2) is 17.1 Å². The quantitative estimate of drug-likeness (QED) is 0.351. The summed E-state index contributed by atoms with van der Waals surface area (Å²) in [6.07, 6.45) is 3.72. The molecule has 6 rings (SSSR count). The predicted molar refractivity (Wildman–Crippen MR) is 159 cm³/mol. The summed E-state index contributed by atoms with van der Waals surface area (Å²) >= 11 is 12.6. The van der Waals surface area contributed by atoms with E-state index < -0.39 is 52.3 Å². The van der Waals surface area contributed by atoms with Crippen LogP contribution in [0.4, 0.5) is 10.1 Å². The van der Waals surface area contributed by atoms with Gasteiger partial charge in [-0.2, -0.15) is 0 Å². The van der Waals surface area contributed by atoms with E-state index >= 15 is 4.39 Å². The number of hydrogen-bond donors (Lipinski definition) is 4. The number of fused-ring (bicyclic) bond motifs is 3. The molecule has 2 amide bonds. The molecule has 230 valence electrons. The van der Waals surface area contributed by atoms with Gasteiger partial charge in [-0.05, 0) is 80.2 Å². The van der Waals surface area contributed by atoms with Gasteiger partial charge in [-0.1, -0.05) is 43.1 Å². The topological polar surface area (TPSA) is 130 Å². The molecule has 1 unspecified atom stereocenters. The number of amides is 2. The molecule has 2 saturated heterocycles. The Morgan fingerprint density at radius 1 is 1.12 bits per heavy atom. The summed E-state index contributed by atoms with van der Waals surface area (Å²) in [5, 5.41) is 19.2. The van der Waals surface area contributed by atoms with Crippen molar-refractivity contribution in [1.82, 2.24) is 15.6 Å². The summed E-state index contributed by atoms with van der Waals surface area (Å²) in [5.74, 6) is -3.61. The number of benzene rings is 1. The Morgan fingerprint density at radius 2 is 1.84 bits per heavy atom. The van der Waals surface area contributed by atoms with Crippen LogP contribution >= 0.6 is 23.2 Å². The molecule has 43 heavy (non-hydrogen) atoms. The maximum absolute atomic E-state index is 16.0. The third-order valence-corrected chi connectivity index (χ3v) is 10.7. The number of aliphatic carboxylic acids is 1. The molecule has 4 aliphatic rings. The lowest BCUT2D eigenvalue weighted by molar-refractivity contribution is -0.156. The first-order valence-corrected chi connectivity index (χ1v) is 15.3. The van der Waals surface area contributed by atoms with Crippen molar-refractivity contribution in [3.63, 3.8) is 0 Å². The van der Waals surface area contributed by atoms with Crippen LogP contribution < -0.4 is 16.0 Å². The van der Waals surface area contributed by atoms with E-state index in [4.69, 9.17) is 27.9 Å². The molecule has 3 aliphatic heterocycles. The minimum absolute atomic E-state index is 0.00513. The molecule has 2 aromatic rings. The first kappa shape index (κ1) is 30.2. The van der Waals surface area contributed by atoms with Crippen molar-refractivity contribution >= 4 is 46.7 Å². The minimum atomic E-state index is -1.38. The number of hydrogen-bond acceptors (Lipinski definition) is 6. The van der Waals surface area contributed by atoms with E-state index in [2.05, 4.69) is 34.8 Å². The van der Waals surface area contributed by atoms with Gasteiger partial charge in [-0.15, -0.1) is 0 Å². The van der Waals surface area contributed by atoms with Crippen LogP contribution in [0.2, 0.25) is 10.2 Å². The summed E-state index contributed by atoms with van der Waals surface area (Å²) in [4.78, 5) is 44.3. The summed E-state index contributed by atoms with van der Waals surface area (Å²) in [7, 11) is 0. The number of aromatic nitrogens is 1. The second-order valence-corrected chi connectivity index (χ2v) is 14.3. The largest absolute Gasteiger partial charge is 0.479 e. The van der Waals surface area contributed by atoms with Crippen LogP contribution in [0.25, 0.3) is 0 Å². The van der Waals surface area contributed by atoms with Crippen LogP contribution in [-0.4, -0.2) is 57.7 Å². The highest BCUT2D eigenvalue weighted by Gasteiger charge is 2.73. The van der Waals surface area contributed by atoms with E-state index in [9.17, 15) is 19.5 Å². The highest BCUT2D eigenvalue weighted by atomic mass is 35.5. The fourth-order valence-electron chi connectivity index (χ4n) is 7.89. The Hall–Kier alpha value is -2.79. The van der Waals surface area contributed by atoms with E-state index in [0.29, 0.717) is 35.5 Å². The van der Waals surface area contributed by atoms with Crippen LogP contribution in [0.1, 0.15) is 76.3 Å². The van der Waals surface area contributed by atoms with Gasteiger partial charge in [0.25, 0.3) is 0 Å². The highest BCUT2D eigenvalue weighted by Crippen LogP contribution is 2.64. The number of pyridine rings is 1. The number of nitrogens with zero attached hydrogens (tertiary/aromatic N) is 1. The lowest BCUT2D eigenvalue weighted by Gasteiger charge is -2.50. The van der Waals surface area contributed by atoms with Gasteiger partial charge in [0.2, 0.25) is 11.8 Å². The molecular weight excluding hydrogens is 598 g/mol. The molecule has 4 N–H and O–H groups in total. The lowest BCUT2D eigenvalue weighted by atomic mass is 9.53. The van der Waals surface area contributed by atoms with Crippen LogP contribution in [0.5, 0.6) is 0 Å². The summed E-state index contributed by atoms with van der Waals surface area (Å²) in [6, 6.07) is 5.64. The van der Waals surface area contributed by atoms with E-state index in [-0.39, 0.29) is 35.1 Å². The number of carboxylic acids is 1. The van der Waals surface area contributed by atoms with Crippen molar-refractivity contribution < 1.29 is 28.6 Å². The molecule has 2 spiro atoms. The normalized spacial score (nSPS) is 32.4. The molecule has 0 bridgehead atoms. The molecule has 1 aromatic heterocycles. The van der Waals surface area contributed by atoms with E-state index in [1.807, 2.05) is 0 Å². The smallest absolute Gasteiger partial charge is 0.332 e. The summed E-state index contributed by atoms with van der Waals surface area (Å²) < 4.78 is 21.6. The van der Waals surface area contributed by atoms with Crippen LogP contribution in [0, 0.1) is 11.2 Å². The van der Waals surface area contributed by atoms with E-state index in [1.165, 1.54) is 12.3 Å². The molecule has 3 fully saturated rings. The zero-order valence-corrected chi connectivity index (χ0v) is 25.7. The fourth-order valence-corrected chi connectivity index (χ4v) is 8.22. The van der Waals surface area contributed by atoms with Crippen LogP contribution in [0.3, 0.4) is 0 Å². The third kappa shape index (κ3) is 4.72. The van der Waals surface area contributed by atoms with Gasteiger partial charge in [-0.25, -0.2) is 14.2 Å². The Kier molecular flexibility index (Phi) is 7.31. The number of ether oxygens (including phenoxy) is 1. The Bertz CT molecular complexity index is 1500. The number of nitrogens with one attached hydrogen (secondary N) is 3. The average Bonchev–Trinajstić information content (AvgIpc) is 3.40. The molecule has 0 radical (unpaired) electrons. The lowest BCUT2D eigenvalue weighted by Crippen LogP contribution is -2.62. The molecule has 1 saturated carbocycles. The van der Waals surface area contributed by atoms with Crippen molar-refractivity contribution in [3.8, 4) is 0 Å². The Labute approximate surface area is 259 Å². The monoisotopic (exact) mass is 632 g/mol. The highest BCUT2D eigenvalue weighted by molar-refractivity contribution is 6.31. The van der Waals surface area contributed by atoms with Gasteiger partial charge in [0.1, 0.15) is 5.41 Å². The van der Waals surface area contributed by atoms with Gasteiger partial charge in [0.05, 0.1) is 18.2 Å².